The van der Waals surface area contributed by atoms with Crippen molar-refractivity contribution in [1.29, 1.82) is 0 Å². The molecular weight excluding hydrogens is 256 g/mol. The fraction of sp³-hybridized carbons (Fsp3) is 0.400. The van der Waals surface area contributed by atoms with Crippen LogP contribution in [-0.2, 0) is 18.6 Å². The van der Waals surface area contributed by atoms with Crippen molar-refractivity contribution in [2.75, 3.05) is 5.32 Å². The average Bonchev–Trinajstić information content (AvgIpc) is 2.85. The van der Waals surface area contributed by atoms with Crippen LogP contribution in [0.2, 0.25) is 0 Å². The van der Waals surface area contributed by atoms with Crippen LogP contribution >= 0.6 is 11.3 Å². The summed E-state index contributed by atoms with van der Waals surface area (Å²) >= 11 is 1.83. The predicted octanol–water partition coefficient (Wildman–Crippen LogP) is 3.55. The molecule has 0 aliphatic heterocycles. The predicted molar refractivity (Wildman–Crippen MR) is 80.5 cm³/mol. The highest BCUT2D eigenvalue weighted by atomic mass is 32.1. The van der Waals surface area contributed by atoms with Gasteiger partial charge in [-0.1, -0.05) is 20.8 Å². The second-order valence-corrected chi connectivity index (χ2v) is 6.73. The summed E-state index contributed by atoms with van der Waals surface area (Å²) in [7, 11) is 0. The molecule has 0 amide bonds. The SMILES string of the molecule is CC(C)(C)c1ccc(CNc2cnccc2CO)s1. The molecule has 0 aliphatic rings. The van der Waals surface area contributed by atoms with Gasteiger partial charge in [-0.25, -0.2) is 0 Å². The van der Waals surface area contributed by atoms with Gasteiger partial charge in [-0.2, -0.15) is 0 Å². The third kappa shape index (κ3) is 3.55. The summed E-state index contributed by atoms with van der Waals surface area (Å²) in [5.74, 6) is 0. The van der Waals surface area contributed by atoms with Crippen LogP contribution in [0.5, 0.6) is 0 Å². The van der Waals surface area contributed by atoms with Gasteiger partial charge in [0.15, 0.2) is 0 Å². The minimum Gasteiger partial charge on any atom is -0.392 e. The Morgan fingerprint density at radius 2 is 2.05 bits per heavy atom. The first-order valence-electron chi connectivity index (χ1n) is 6.37. The van der Waals surface area contributed by atoms with E-state index in [4.69, 9.17) is 0 Å². The van der Waals surface area contributed by atoms with Crippen LogP contribution in [-0.4, -0.2) is 10.1 Å². The zero-order valence-corrected chi connectivity index (χ0v) is 12.4. The number of anilines is 1. The maximum Gasteiger partial charge on any atom is 0.0703 e. The lowest BCUT2D eigenvalue weighted by molar-refractivity contribution is 0.282. The molecule has 4 heteroatoms. The maximum absolute atomic E-state index is 9.26. The van der Waals surface area contributed by atoms with E-state index in [-0.39, 0.29) is 12.0 Å². The zero-order chi connectivity index (χ0) is 13.9. The van der Waals surface area contributed by atoms with Crippen LogP contribution in [0.15, 0.2) is 30.6 Å². The van der Waals surface area contributed by atoms with Crippen molar-refractivity contribution in [3.63, 3.8) is 0 Å². The van der Waals surface area contributed by atoms with Crippen LogP contribution < -0.4 is 5.32 Å². The lowest BCUT2D eigenvalue weighted by atomic mass is 9.95. The fourth-order valence-electron chi connectivity index (χ4n) is 1.78. The Morgan fingerprint density at radius 3 is 2.68 bits per heavy atom. The molecule has 19 heavy (non-hydrogen) atoms. The average molecular weight is 276 g/mol. The number of hydrogen-bond donors (Lipinski definition) is 2. The van der Waals surface area contributed by atoms with Gasteiger partial charge in [-0.15, -0.1) is 11.3 Å². The van der Waals surface area contributed by atoms with Gasteiger partial charge in [-0.3, -0.25) is 4.98 Å². The Balaban J connectivity index is 2.05. The van der Waals surface area contributed by atoms with Gasteiger partial charge in [0.2, 0.25) is 0 Å². The summed E-state index contributed by atoms with van der Waals surface area (Å²) < 4.78 is 0. The molecule has 2 heterocycles. The van der Waals surface area contributed by atoms with Gasteiger partial charge < -0.3 is 10.4 Å². The topological polar surface area (TPSA) is 45.2 Å². The van der Waals surface area contributed by atoms with E-state index >= 15 is 0 Å². The largest absolute Gasteiger partial charge is 0.392 e. The molecule has 0 fully saturated rings. The van der Waals surface area contributed by atoms with E-state index in [1.54, 1.807) is 12.4 Å². The molecule has 0 unspecified atom stereocenters. The molecule has 0 aliphatic carbocycles. The summed E-state index contributed by atoms with van der Waals surface area (Å²) in [6.07, 6.45) is 3.45. The monoisotopic (exact) mass is 276 g/mol. The Kier molecular flexibility index (Phi) is 4.22. The fourth-order valence-corrected chi connectivity index (χ4v) is 2.78. The normalized spacial score (nSPS) is 11.6. The van der Waals surface area contributed by atoms with Gasteiger partial charge in [0.1, 0.15) is 0 Å². The molecule has 0 aromatic carbocycles. The third-order valence-corrected chi connectivity index (χ3v) is 4.45. The molecule has 0 spiro atoms. The molecule has 0 saturated carbocycles. The molecule has 102 valence electrons. The van der Waals surface area contributed by atoms with Crippen molar-refractivity contribution in [2.45, 2.75) is 39.3 Å². The third-order valence-electron chi connectivity index (χ3n) is 2.94. The molecule has 0 saturated heterocycles. The highest BCUT2D eigenvalue weighted by Gasteiger charge is 2.15. The summed E-state index contributed by atoms with van der Waals surface area (Å²) in [6.45, 7) is 7.46. The van der Waals surface area contributed by atoms with Crippen molar-refractivity contribution < 1.29 is 5.11 Å². The number of nitrogens with zero attached hydrogens (tertiary/aromatic N) is 1. The Labute approximate surface area is 118 Å². The Morgan fingerprint density at radius 1 is 1.26 bits per heavy atom. The molecular formula is C15H20N2OS. The first-order valence-corrected chi connectivity index (χ1v) is 7.19. The summed E-state index contributed by atoms with van der Waals surface area (Å²) in [4.78, 5) is 6.76. The van der Waals surface area contributed by atoms with Gasteiger partial charge in [-0.05, 0) is 23.6 Å². The molecule has 0 radical (unpaired) electrons. The van der Waals surface area contributed by atoms with Gasteiger partial charge >= 0.3 is 0 Å². The Hall–Kier alpha value is -1.39. The van der Waals surface area contributed by atoms with Crippen LogP contribution in [0.3, 0.4) is 0 Å². The second-order valence-electron chi connectivity index (χ2n) is 5.56. The standard InChI is InChI=1S/C15H20N2OS/c1-15(2,3)14-5-4-12(19-14)8-17-13-9-16-7-6-11(13)10-18/h4-7,9,17-18H,8,10H2,1-3H3. The van der Waals surface area contributed by atoms with Gasteiger partial charge in [0.25, 0.3) is 0 Å². The number of rotatable bonds is 4. The first-order chi connectivity index (χ1) is 9.00. The number of nitrogens with one attached hydrogen (secondary N) is 1. The number of aliphatic hydroxyl groups excluding tert-OH is 1. The summed E-state index contributed by atoms with van der Waals surface area (Å²) in [5.41, 5.74) is 1.98. The van der Waals surface area contributed by atoms with Gasteiger partial charge in [0.05, 0.1) is 18.5 Å². The van der Waals surface area contributed by atoms with E-state index in [1.165, 1.54) is 9.75 Å². The smallest absolute Gasteiger partial charge is 0.0703 e. The molecule has 0 bridgehead atoms. The number of hydrogen-bond acceptors (Lipinski definition) is 4. The van der Waals surface area contributed by atoms with Crippen molar-refractivity contribution in [1.82, 2.24) is 4.98 Å². The molecule has 2 aromatic heterocycles. The summed E-state index contributed by atoms with van der Waals surface area (Å²) in [6, 6.07) is 6.18. The van der Waals surface area contributed by atoms with Crippen LogP contribution in [0.25, 0.3) is 0 Å². The molecule has 2 rings (SSSR count). The van der Waals surface area contributed by atoms with Crippen molar-refractivity contribution in [3.8, 4) is 0 Å². The second kappa shape index (κ2) is 5.72. The van der Waals surface area contributed by atoms with Crippen molar-refractivity contribution >= 4 is 17.0 Å². The summed E-state index contributed by atoms with van der Waals surface area (Å²) in [5, 5.41) is 12.6. The van der Waals surface area contributed by atoms with E-state index in [2.05, 4.69) is 43.2 Å². The van der Waals surface area contributed by atoms with Gasteiger partial charge in [0, 0.05) is 28.1 Å². The van der Waals surface area contributed by atoms with Crippen LogP contribution in [0, 0.1) is 0 Å². The zero-order valence-electron chi connectivity index (χ0n) is 11.6. The molecule has 2 aromatic rings. The first kappa shape index (κ1) is 14.0. The number of pyridine rings is 1. The van der Waals surface area contributed by atoms with E-state index in [0.717, 1.165) is 17.8 Å². The quantitative estimate of drug-likeness (QED) is 0.897. The van der Waals surface area contributed by atoms with E-state index in [0.29, 0.717) is 0 Å². The maximum atomic E-state index is 9.26. The number of aliphatic hydroxyl groups is 1. The van der Waals surface area contributed by atoms with E-state index in [9.17, 15) is 5.11 Å². The number of aromatic nitrogens is 1. The minimum absolute atomic E-state index is 0.0303. The Bertz CT molecular complexity index is 543. The number of thiophene rings is 1. The minimum atomic E-state index is 0.0303. The van der Waals surface area contributed by atoms with E-state index in [1.807, 2.05) is 17.4 Å². The molecule has 0 atom stereocenters. The molecule has 3 nitrogen and oxygen atoms in total. The van der Waals surface area contributed by atoms with Crippen molar-refractivity contribution in [3.05, 3.63) is 45.9 Å². The lowest BCUT2D eigenvalue weighted by Gasteiger charge is -2.15. The lowest BCUT2D eigenvalue weighted by Crippen LogP contribution is -2.07. The van der Waals surface area contributed by atoms with E-state index < -0.39 is 0 Å². The highest BCUT2D eigenvalue weighted by molar-refractivity contribution is 7.12. The van der Waals surface area contributed by atoms with Crippen LogP contribution in [0.1, 0.15) is 36.1 Å². The van der Waals surface area contributed by atoms with Crippen LogP contribution in [0.4, 0.5) is 5.69 Å². The highest BCUT2D eigenvalue weighted by Crippen LogP contribution is 2.29. The molecule has 2 N–H and O–H groups in total. The van der Waals surface area contributed by atoms with Crippen molar-refractivity contribution in [2.24, 2.45) is 0 Å².